The van der Waals surface area contributed by atoms with Crippen molar-refractivity contribution in [1.82, 2.24) is 10.2 Å². The highest BCUT2D eigenvalue weighted by atomic mass is 15.1. The Morgan fingerprint density at radius 2 is 1.43 bits per heavy atom. The summed E-state index contributed by atoms with van der Waals surface area (Å²) in [5.74, 6) is 1.42. The van der Waals surface area contributed by atoms with Gasteiger partial charge in [-0.15, -0.1) is 0 Å². The van der Waals surface area contributed by atoms with Gasteiger partial charge in [-0.2, -0.15) is 0 Å². The zero-order valence-corrected chi connectivity index (χ0v) is 14.8. The van der Waals surface area contributed by atoms with Crippen LogP contribution in [0.25, 0.3) is 0 Å². The normalized spacial score (nSPS) is 13.4. The summed E-state index contributed by atoms with van der Waals surface area (Å²) in [4.78, 5) is 2.60. The van der Waals surface area contributed by atoms with E-state index in [4.69, 9.17) is 0 Å². The molecule has 1 aromatic carbocycles. The highest BCUT2D eigenvalue weighted by Crippen LogP contribution is 2.17. The lowest BCUT2D eigenvalue weighted by Crippen LogP contribution is -2.38. The summed E-state index contributed by atoms with van der Waals surface area (Å²) >= 11 is 0. The second-order valence-electron chi connectivity index (χ2n) is 6.94. The zero-order chi connectivity index (χ0) is 15.8. The summed E-state index contributed by atoms with van der Waals surface area (Å²) in [5.41, 5.74) is 2.81. The minimum absolute atomic E-state index is 0.411. The number of benzene rings is 1. The number of nitrogens with zero attached hydrogens (tertiary/aromatic N) is 1. The van der Waals surface area contributed by atoms with E-state index in [9.17, 15) is 0 Å². The van der Waals surface area contributed by atoms with Gasteiger partial charge < -0.3 is 10.2 Å². The molecular weight excluding hydrogens is 256 g/mol. The lowest BCUT2D eigenvalue weighted by Gasteiger charge is -2.30. The Balaban J connectivity index is 2.75. The average Bonchev–Trinajstić information content (AvgIpc) is 2.43. The smallest absolute Gasteiger partial charge is 0.0446 e. The van der Waals surface area contributed by atoms with E-state index >= 15 is 0 Å². The van der Waals surface area contributed by atoms with Gasteiger partial charge in [-0.3, -0.25) is 0 Å². The number of hydrogen-bond acceptors (Lipinski definition) is 2. The monoisotopic (exact) mass is 290 g/mol. The van der Waals surface area contributed by atoms with Crippen LogP contribution in [0.2, 0.25) is 0 Å². The predicted molar refractivity (Wildman–Crippen MR) is 93.7 cm³/mol. The van der Waals surface area contributed by atoms with Crippen molar-refractivity contribution in [3.8, 4) is 0 Å². The first-order chi connectivity index (χ1) is 9.96. The summed E-state index contributed by atoms with van der Waals surface area (Å²) in [6.45, 7) is 14.8. The van der Waals surface area contributed by atoms with Gasteiger partial charge in [-0.1, -0.05) is 58.9 Å². The van der Waals surface area contributed by atoms with Gasteiger partial charge in [0.25, 0.3) is 0 Å². The Morgan fingerprint density at radius 3 is 1.81 bits per heavy atom. The number of aryl methyl sites for hydroxylation is 1. The summed E-state index contributed by atoms with van der Waals surface area (Å²) in [7, 11) is 2.07. The Bertz CT molecular complexity index is 371. The average molecular weight is 290 g/mol. The lowest BCUT2D eigenvalue weighted by atomic mass is 10.0. The molecule has 2 heteroatoms. The van der Waals surface area contributed by atoms with Crippen LogP contribution in [0, 0.1) is 11.8 Å². The molecule has 1 aromatic rings. The van der Waals surface area contributed by atoms with E-state index in [1.54, 1.807) is 0 Å². The van der Waals surface area contributed by atoms with Gasteiger partial charge in [0.05, 0.1) is 0 Å². The van der Waals surface area contributed by atoms with Crippen molar-refractivity contribution in [2.75, 3.05) is 26.7 Å². The molecular formula is C19H34N2. The topological polar surface area (TPSA) is 15.3 Å². The summed E-state index contributed by atoms with van der Waals surface area (Å²) in [6.07, 6.45) is 1.11. The minimum atomic E-state index is 0.411. The molecule has 0 radical (unpaired) electrons. The zero-order valence-electron chi connectivity index (χ0n) is 14.8. The van der Waals surface area contributed by atoms with Gasteiger partial charge in [0.1, 0.15) is 0 Å². The van der Waals surface area contributed by atoms with Gasteiger partial charge in [0.2, 0.25) is 0 Å². The highest BCUT2D eigenvalue weighted by Gasteiger charge is 2.16. The molecule has 0 fully saturated rings. The van der Waals surface area contributed by atoms with Crippen LogP contribution < -0.4 is 5.32 Å². The molecule has 1 N–H and O–H groups in total. The van der Waals surface area contributed by atoms with Gasteiger partial charge in [0, 0.05) is 25.7 Å². The van der Waals surface area contributed by atoms with Crippen LogP contribution >= 0.6 is 0 Å². The highest BCUT2D eigenvalue weighted by molar-refractivity contribution is 5.25. The molecule has 1 unspecified atom stereocenters. The molecule has 0 saturated heterocycles. The maximum Gasteiger partial charge on any atom is 0.0446 e. The molecule has 1 atom stereocenters. The van der Waals surface area contributed by atoms with Crippen molar-refractivity contribution < 1.29 is 0 Å². The minimum Gasteiger partial charge on any atom is -0.312 e. The molecule has 0 spiro atoms. The fraction of sp³-hybridized carbons (Fsp3) is 0.684. The second-order valence-corrected chi connectivity index (χ2v) is 6.94. The van der Waals surface area contributed by atoms with E-state index in [1.807, 2.05) is 0 Å². The molecule has 0 saturated carbocycles. The fourth-order valence-corrected chi connectivity index (χ4v) is 2.86. The lowest BCUT2D eigenvalue weighted by molar-refractivity contribution is 0.200. The number of nitrogens with one attached hydrogen (secondary N) is 1. The van der Waals surface area contributed by atoms with Crippen LogP contribution in [-0.2, 0) is 6.42 Å². The number of likely N-dealkylation sites (N-methyl/N-ethyl adjacent to an activating group) is 1. The van der Waals surface area contributed by atoms with Crippen molar-refractivity contribution in [3.05, 3.63) is 35.4 Å². The Labute approximate surface area is 131 Å². The summed E-state index contributed by atoms with van der Waals surface area (Å²) < 4.78 is 0. The van der Waals surface area contributed by atoms with E-state index in [2.05, 4.69) is 76.1 Å². The molecule has 120 valence electrons. The van der Waals surface area contributed by atoms with Crippen LogP contribution in [0.4, 0.5) is 0 Å². The van der Waals surface area contributed by atoms with E-state index in [-0.39, 0.29) is 0 Å². The molecule has 0 bridgehead atoms. The summed E-state index contributed by atoms with van der Waals surface area (Å²) in [6, 6.07) is 9.49. The first-order valence-corrected chi connectivity index (χ1v) is 8.44. The van der Waals surface area contributed by atoms with E-state index in [0.29, 0.717) is 17.9 Å². The van der Waals surface area contributed by atoms with Crippen LogP contribution in [0.15, 0.2) is 24.3 Å². The van der Waals surface area contributed by atoms with Crippen LogP contribution in [-0.4, -0.2) is 31.6 Å². The van der Waals surface area contributed by atoms with Crippen LogP contribution in [0.3, 0.4) is 0 Å². The fourth-order valence-electron chi connectivity index (χ4n) is 2.86. The Morgan fingerprint density at radius 1 is 0.905 bits per heavy atom. The van der Waals surface area contributed by atoms with Gasteiger partial charge in [-0.05, 0) is 36.4 Å². The van der Waals surface area contributed by atoms with Gasteiger partial charge in [-0.25, -0.2) is 0 Å². The molecule has 0 amide bonds. The third-order valence-electron chi connectivity index (χ3n) is 3.83. The molecule has 0 aliphatic carbocycles. The van der Waals surface area contributed by atoms with Crippen molar-refractivity contribution in [1.29, 1.82) is 0 Å². The number of hydrogen-bond donors (Lipinski definition) is 1. The molecule has 0 aliphatic heterocycles. The first kappa shape index (κ1) is 18.2. The van der Waals surface area contributed by atoms with Crippen LogP contribution in [0.1, 0.15) is 51.8 Å². The predicted octanol–water partition coefficient (Wildman–Crippen LogP) is 4.12. The van der Waals surface area contributed by atoms with E-state index in [0.717, 1.165) is 13.0 Å². The maximum absolute atomic E-state index is 3.49. The standard InChI is InChI=1S/C19H34N2/c1-7-17-8-10-18(11-9-17)19(20-6)14-21(12-15(2)3)13-16(4)5/h8-11,15-16,19-20H,7,12-14H2,1-6H3. The third kappa shape index (κ3) is 6.62. The van der Waals surface area contributed by atoms with E-state index in [1.165, 1.54) is 24.2 Å². The molecule has 0 aliphatic rings. The quantitative estimate of drug-likeness (QED) is 0.736. The Kier molecular flexibility index (Phi) is 7.98. The van der Waals surface area contributed by atoms with E-state index < -0.39 is 0 Å². The molecule has 0 aromatic heterocycles. The maximum atomic E-state index is 3.49. The van der Waals surface area contributed by atoms with Crippen molar-refractivity contribution >= 4 is 0 Å². The SMILES string of the molecule is CCc1ccc(C(CN(CC(C)C)CC(C)C)NC)cc1. The number of rotatable bonds is 9. The van der Waals surface area contributed by atoms with Crippen molar-refractivity contribution in [2.24, 2.45) is 11.8 Å². The van der Waals surface area contributed by atoms with Gasteiger partial charge in [0.15, 0.2) is 0 Å². The largest absolute Gasteiger partial charge is 0.312 e. The molecule has 2 nitrogen and oxygen atoms in total. The van der Waals surface area contributed by atoms with Crippen molar-refractivity contribution in [3.63, 3.8) is 0 Å². The molecule has 1 rings (SSSR count). The second kappa shape index (κ2) is 9.22. The van der Waals surface area contributed by atoms with Gasteiger partial charge >= 0.3 is 0 Å². The molecule has 0 heterocycles. The molecule has 21 heavy (non-hydrogen) atoms. The third-order valence-corrected chi connectivity index (χ3v) is 3.83. The van der Waals surface area contributed by atoms with Crippen molar-refractivity contribution in [2.45, 2.75) is 47.1 Å². The first-order valence-electron chi connectivity index (χ1n) is 8.44. The summed E-state index contributed by atoms with van der Waals surface area (Å²) in [5, 5.41) is 3.49. The Hall–Kier alpha value is -0.860. The van der Waals surface area contributed by atoms with Crippen LogP contribution in [0.5, 0.6) is 0 Å².